The normalized spacial score (nSPS) is 10.6. The predicted molar refractivity (Wildman–Crippen MR) is 82.4 cm³/mol. The molecule has 0 N–H and O–H groups in total. The summed E-state index contributed by atoms with van der Waals surface area (Å²) in [5.41, 5.74) is 0.222. The summed E-state index contributed by atoms with van der Waals surface area (Å²) >= 11 is 0. The molecule has 8 heteroatoms. The van der Waals surface area contributed by atoms with Crippen molar-refractivity contribution in [2.45, 2.75) is 6.54 Å². The van der Waals surface area contributed by atoms with Gasteiger partial charge >= 0.3 is 0 Å². The molecule has 0 atom stereocenters. The van der Waals surface area contributed by atoms with Gasteiger partial charge in [0.05, 0.1) is 16.9 Å². The average molecular weight is 312 g/mol. The third-order valence-corrected chi connectivity index (χ3v) is 3.25. The zero-order valence-corrected chi connectivity index (χ0v) is 12.0. The van der Waals surface area contributed by atoms with Crippen LogP contribution in [0.4, 0.5) is 5.69 Å². The summed E-state index contributed by atoms with van der Waals surface area (Å²) in [6.45, 7) is 0.554. The van der Waals surface area contributed by atoms with E-state index in [1.165, 1.54) is 35.2 Å². The highest BCUT2D eigenvalue weighted by Crippen LogP contribution is 2.17. The minimum absolute atomic E-state index is 0.000186. The molecule has 3 aromatic rings. The molecule has 116 valence electrons. The van der Waals surface area contributed by atoms with Crippen LogP contribution in [0.25, 0.3) is 11.0 Å². The van der Waals surface area contributed by atoms with Crippen molar-refractivity contribution < 1.29 is 9.66 Å². The topological polar surface area (TPSA) is 100 Å². The monoisotopic (exact) mass is 312 g/mol. The van der Waals surface area contributed by atoms with Crippen LogP contribution >= 0.6 is 0 Å². The lowest BCUT2D eigenvalue weighted by Gasteiger charge is -2.08. The molecule has 0 unspecified atom stereocenters. The van der Waals surface area contributed by atoms with Gasteiger partial charge in [0, 0.05) is 18.3 Å². The Morgan fingerprint density at radius 1 is 1.17 bits per heavy atom. The van der Waals surface area contributed by atoms with E-state index in [1.807, 2.05) is 0 Å². The van der Waals surface area contributed by atoms with E-state index in [0.29, 0.717) is 23.3 Å². The summed E-state index contributed by atoms with van der Waals surface area (Å²) in [6.07, 6.45) is 3.01. The van der Waals surface area contributed by atoms with Crippen molar-refractivity contribution in [2.75, 3.05) is 6.61 Å². The number of benzene rings is 1. The highest BCUT2D eigenvalue weighted by atomic mass is 16.6. The molecule has 0 fully saturated rings. The quantitative estimate of drug-likeness (QED) is 0.526. The van der Waals surface area contributed by atoms with Crippen LogP contribution < -0.4 is 10.3 Å². The van der Waals surface area contributed by atoms with E-state index in [-0.39, 0.29) is 17.9 Å². The maximum absolute atomic E-state index is 12.2. The molecule has 1 aromatic carbocycles. The number of fused-ring (bicyclic) bond motifs is 1. The molecule has 0 amide bonds. The smallest absolute Gasteiger partial charge is 0.269 e. The highest BCUT2D eigenvalue weighted by Gasteiger charge is 2.06. The van der Waals surface area contributed by atoms with Crippen molar-refractivity contribution >= 4 is 16.7 Å². The molecule has 0 saturated carbocycles. The Bertz CT molecular complexity index is 905. The van der Waals surface area contributed by atoms with Gasteiger partial charge in [0.1, 0.15) is 18.7 Å². The Labute approximate surface area is 130 Å². The van der Waals surface area contributed by atoms with E-state index in [0.717, 1.165) is 0 Å². The Balaban J connectivity index is 1.68. The van der Waals surface area contributed by atoms with Gasteiger partial charge in [-0.1, -0.05) is 0 Å². The minimum Gasteiger partial charge on any atom is -0.492 e. The summed E-state index contributed by atoms with van der Waals surface area (Å²) in [4.78, 5) is 30.5. The molecule has 0 aliphatic carbocycles. The van der Waals surface area contributed by atoms with Crippen molar-refractivity contribution in [2.24, 2.45) is 0 Å². The number of non-ortho nitro benzene ring substituents is 1. The number of nitro groups is 1. The van der Waals surface area contributed by atoms with Crippen molar-refractivity contribution in [1.29, 1.82) is 0 Å². The zero-order chi connectivity index (χ0) is 16.2. The van der Waals surface area contributed by atoms with Crippen LogP contribution in [-0.4, -0.2) is 26.1 Å². The molecule has 0 radical (unpaired) electrons. The Kier molecular flexibility index (Phi) is 3.96. The van der Waals surface area contributed by atoms with E-state index < -0.39 is 4.92 Å². The first-order valence-electron chi connectivity index (χ1n) is 6.82. The summed E-state index contributed by atoms with van der Waals surface area (Å²) in [7, 11) is 0. The fourth-order valence-electron chi connectivity index (χ4n) is 2.08. The third kappa shape index (κ3) is 3.15. The number of aromatic nitrogens is 3. The highest BCUT2D eigenvalue weighted by molar-refractivity contribution is 5.72. The van der Waals surface area contributed by atoms with Gasteiger partial charge in [-0.15, -0.1) is 0 Å². The maximum Gasteiger partial charge on any atom is 0.269 e. The molecule has 2 heterocycles. The van der Waals surface area contributed by atoms with Crippen LogP contribution in [0.5, 0.6) is 5.75 Å². The van der Waals surface area contributed by atoms with Crippen LogP contribution in [0, 0.1) is 10.1 Å². The summed E-state index contributed by atoms with van der Waals surface area (Å²) in [5, 5.41) is 11.0. The summed E-state index contributed by atoms with van der Waals surface area (Å²) < 4.78 is 6.93. The zero-order valence-electron chi connectivity index (χ0n) is 12.0. The van der Waals surface area contributed by atoms with Gasteiger partial charge in [-0.3, -0.25) is 19.5 Å². The first kappa shape index (κ1) is 14.6. The third-order valence-electron chi connectivity index (χ3n) is 3.25. The fraction of sp³-hybridized carbons (Fsp3) is 0.133. The number of ether oxygens (including phenoxy) is 1. The first-order valence-corrected chi connectivity index (χ1v) is 6.82. The lowest BCUT2D eigenvalue weighted by Crippen LogP contribution is -2.23. The molecule has 0 aliphatic rings. The number of hydrogen-bond donors (Lipinski definition) is 0. The molecule has 0 saturated heterocycles. The van der Waals surface area contributed by atoms with Crippen molar-refractivity contribution in [3.63, 3.8) is 0 Å². The number of nitrogens with zero attached hydrogens (tertiary/aromatic N) is 4. The van der Waals surface area contributed by atoms with E-state index in [4.69, 9.17) is 4.74 Å². The second kappa shape index (κ2) is 6.22. The largest absolute Gasteiger partial charge is 0.492 e. The van der Waals surface area contributed by atoms with E-state index in [1.54, 1.807) is 18.3 Å². The fourth-order valence-corrected chi connectivity index (χ4v) is 2.08. The molecular weight excluding hydrogens is 300 g/mol. The van der Waals surface area contributed by atoms with Gasteiger partial charge in [-0.25, -0.2) is 9.97 Å². The predicted octanol–water partition coefficient (Wildman–Crippen LogP) is 1.78. The molecule has 0 aliphatic heterocycles. The standard InChI is InChI=1S/C15H12N4O4/c20-15-13-2-1-7-16-14(13)17-10-18(15)8-9-23-12-5-3-11(4-6-12)19(21)22/h1-7,10H,8-9H2. The lowest BCUT2D eigenvalue weighted by molar-refractivity contribution is -0.384. The Morgan fingerprint density at radius 2 is 1.96 bits per heavy atom. The molecule has 2 aromatic heterocycles. The number of pyridine rings is 1. The Hall–Kier alpha value is -3.29. The average Bonchev–Trinajstić information content (AvgIpc) is 2.57. The van der Waals surface area contributed by atoms with Crippen molar-refractivity contribution in [1.82, 2.24) is 14.5 Å². The maximum atomic E-state index is 12.2. The Morgan fingerprint density at radius 3 is 2.70 bits per heavy atom. The van der Waals surface area contributed by atoms with Gasteiger partial charge in [0.2, 0.25) is 0 Å². The lowest BCUT2D eigenvalue weighted by atomic mass is 10.3. The SMILES string of the molecule is O=c1c2cccnc2ncn1CCOc1ccc([N+](=O)[O-])cc1. The summed E-state index contributed by atoms with van der Waals surface area (Å²) in [5.74, 6) is 0.499. The molecular formula is C15H12N4O4. The van der Waals surface area contributed by atoms with E-state index in [2.05, 4.69) is 9.97 Å². The van der Waals surface area contributed by atoms with E-state index >= 15 is 0 Å². The molecule has 23 heavy (non-hydrogen) atoms. The molecule has 3 rings (SSSR count). The van der Waals surface area contributed by atoms with Gasteiger partial charge < -0.3 is 4.74 Å². The number of nitro benzene ring substituents is 1. The molecule has 0 spiro atoms. The van der Waals surface area contributed by atoms with Crippen LogP contribution in [-0.2, 0) is 6.54 Å². The van der Waals surface area contributed by atoms with Crippen molar-refractivity contribution in [3.05, 3.63) is 69.4 Å². The van der Waals surface area contributed by atoms with Crippen LogP contribution in [0.3, 0.4) is 0 Å². The summed E-state index contributed by atoms with van der Waals surface area (Å²) in [6, 6.07) is 9.12. The van der Waals surface area contributed by atoms with Gasteiger partial charge in [-0.2, -0.15) is 0 Å². The van der Waals surface area contributed by atoms with Crippen LogP contribution in [0.2, 0.25) is 0 Å². The number of hydrogen-bond acceptors (Lipinski definition) is 6. The van der Waals surface area contributed by atoms with Gasteiger partial charge in [-0.05, 0) is 24.3 Å². The first-order chi connectivity index (χ1) is 11.1. The van der Waals surface area contributed by atoms with Crippen LogP contribution in [0.1, 0.15) is 0 Å². The second-order valence-electron chi connectivity index (χ2n) is 4.72. The van der Waals surface area contributed by atoms with Crippen molar-refractivity contribution in [3.8, 4) is 5.75 Å². The van der Waals surface area contributed by atoms with Gasteiger partial charge in [0.25, 0.3) is 11.2 Å². The molecule has 0 bridgehead atoms. The molecule has 8 nitrogen and oxygen atoms in total. The second-order valence-corrected chi connectivity index (χ2v) is 4.72. The van der Waals surface area contributed by atoms with E-state index in [9.17, 15) is 14.9 Å². The number of rotatable bonds is 5. The van der Waals surface area contributed by atoms with Crippen LogP contribution in [0.15, 0.2) is 53.7 Å². The van der Waals surface area contributed by atoms with Gasteiger partial charge in [0.15, 0.2) is 5.65 Å². The minimum atomic E-state index is -0.474.